The fraction of sp³-hybridized carbons (Fsp3) is 0.600. The maximum absolute atomic E-state index is 12.0. The first-order chi connectivity index (χ1) is 9.64. The van der Waals surface area contributed by atoms with Gasteiger partial charge in [0, 0.05) is 22.9 Å². The molecule has 0 saturated heterocycles. The minimum atomic E-state index is -3.24. The molecule has 0 heterocycles. The molecule has 0 aliphatic heterocycles. The largest absolute Gasteiger partial charge is 0.398 e. The second-order valence-electron chi connectivity index (χ2n) is 6.17. The highest BCUT2D eigenvalue weighted by Gasteiger charge is 2.24. The molecule has 3 N–H and O–H groups in total. The summed E-state index contributed by atoms with van der Waals surface area (Å²) in [6.45, 7) is 8.80. The van der Waals surface area contributed by atoms with Gasteiger partial charge in [-0.1, -0.05) is 39.8 Å². The van der Waals surface area contributed by atoms with Crippen molar-refractivity contribution in [3.8, 4) is 0 Å². The molecule has 0 fully saturated rings. The molecule has 1 rings (SSSR count). The highest BCUT2D eigenvalue weighted by Crippen LogP contribution is 2.26. The third kappa shape index (κ3) is 6.28. The lowest BCUT2D eigenvalue weighted by Crippen LogP contribution is -2.38. The molecule has 0 aromatic heterocycles. The monoisotopic (exact) mass is 330 g/mol. The van der Waals surface area contributed by atoms with E-state index in [1.807, 2.05) is 24.3 Å². The number of rotatable bonds is 8. The zero-order chi connectivity index (χ0) is 16.1. The molecule has 0 spiro atoms. The molecule has 120 valence electrons. The van der Waals surface area contributed by atoms with Crippen LogP contribution in [-0.4, -0.2) is 26.5 Å². The molecule has 1 aromatic rings. The molecule has 0 aliphatic rings. The minimum Gasteiger partial charge on any atom is -0.398 e. The van der Waals surface area contributed by atoms with Crippen molar-refractivity contribution in [1.82, 2.24) is 4.72 Å². The number of para-hydroxylation sites is 1. The van der Waals surface area contributed by atoms with E-state index in [1.165, 1.54) is 11.8 Å². The lowest BCUT2D eigenvalue weighted by Gasteiger charge is -2.29. The predicted molar refractivity (Wildman–Crippen MR) is 92.0 cm³/mol. The summed E-state index contributed by atoms with van der Waals surface area (Å²) in [7, 11) is -3.24. The molecule has 0 amide bonds. The molecule has 4 nitrogen and oxygen atoms in total. The van der Waals surface area contributed by atoms with Crippen molar-refractivity contribution in [2.75, 3.05) is 23.8 Å². The first-order valence-corrected chi connectivity index (χ1v) is 9.72. The summed E-state index contributed by atoms with van der Waals surface area (Å²) in [6.07, 6.45) is 0. The quantitative estimate of drug-likeness (QED) is 0.568. The Balaban J connectivity index is 2.45. The van der Waals surface area contributed by atoms with Gasteiger partial charge in [0.05, 0.1) is 5.75 Å². The first-order valence-electron chi connectivity index (χ1n) is 7.09. The number of anilines is 1. The van der Waals surface area contributed by atoms with Crippen LogP contribution in [0.2, 0.25) is 0 Å². The molecule has 0 radical (unpaired) electrons. The minimum absolute atomic E-state index is 0.0515. The van der Waals surface area contributed by atoms with Crippen LogP contribution in [0, 0.1) is 11.3 Å². The van der Waals surface area contributed by atoms with Crippen LogP contribution < -0.4 is 10.5 Å². The molecule has 21 heavy (non-hydrogen) atoms. The standard InChI is InChI=1S/C15H26N2O2S2/c1-12(2)15(3,4)11-17-21(18,19)10-9-20-14-8-6-5-7-13(14)16/h5-8,12,17H,9-11,16H2,1-4H3. The predicted octanol–water partition coefficient (Wildman–Crippen LogP) is 2.96. The Morgan fingerprint density at radius 1 is 1.29 bits per heavy atom. The zero-order valence-electron chi connectivity index (χ0n) is 13.2. The molecular weight excluding hydrogens is 304 g/mol. The van der Waals surface area contributed by atoms with Crippen LogP contribution in [0.3, 0.4) is 0 Å². The molecule has 0 aliphatic carbocycles. The van der Waals surface area contributed by atoms with Crippen LogP contribution >= 0.6 is 11.8 Å². The SMILES string of the molecule is CC(C)C(C)(C)CNS(=O)(=O)CCSc1ccccc1N. The summed E-state index contributed by atoms with van der Waals surface area (Å²) < 4.78 is 26.7. The summed E-state index contributed by atoms with van der Waals surface area (Å²) in [4.78, 5) is 0.926. The Labute approximate surface area is 132 Å². The van der Waals surface area contributed by atoms with E-state index in [4.69, 9.17) is 5.73 Å². The second kappa shape index (κ2) is 7.51. The summed E-state index contributed by atoms with van der Waals surface area (Å²) in [6, 6.07) is 7.49. The van der Waals surface area contributed by atoms with Crippen molar-refractivity contribution in [3.05, 3.63) is 24.3 Å². The third-order valence-corrected chi connectivity index (χ3v) is 6.51. The maximum atomic E-state index is 12.0. The van der Waals surface area contributed by atoms with Crippen LogP contribution in [0.15, 0.2) is 29.2 Å². The van der Waals surface area contributed by atoms with Crippen molar-refractivity contribution in [2.24, 2.45) is 11.3 Å². The van der Waals surface area contributed by atoms with Crippen molar-refractivity contribution >= 4 is 27.5 Å². The molecule has 1 aromatic carbocycles. The van der Waals surface area contributed by atoms with Gasteiger partial charge in [-0.25, -0.2) is 13.1 Å². The van der Waals surface area contributed by atoms with Crippen molar-refractivity contribution in [2.45, 2.75) is 32.6 Å². The van der Waals surface area contributed by atoms with Gasteiger partial charge < -0.3 is 5.73 Å². The smallest absolute Gasteiger partial charge is 0.212 e. The van der Waals surface area contributed by atoms with Gasteiger partial charge in [-0.15, -0.1) is 11.8 Å². The number of sulfonamides is 1. The Morgan fingerprint density at radius 2 is 1.90 bits per heavy atom. The second-order valence-corrected chi connectivity index (χ2v) is 9.23. The number of nitrogens with two attached hydrogens (primary N) is 1. The van der Waals surface area contributed by atoms with E-state index in [0.29, 0.717) is 23.9 Å². The van der Waals surface area contributed by atoms with Gasteiger partial charge in [0.15, 0.2) is 0 Å². The Bertz CT molecular complexity index is 555. The number of hydrogen-bond acceptors (Lipinski definition) is 4. The van der Waals surface area contributed by atoms with E-state index in [-0.39, 0.29) is 11.2 Å². The average Bonchev–Trinajstić information content (AvgIpc) is 2.39. The van der Waals surface area contributed by atoms with E-state index in [0.717, 1.165) is 4.90 Å². The van der Waals surface area contributed by atoms with E-state index >= 15 is 0 Å². The first kappa shape index (κ1) is 18.3. The van der Waals surface area contributed by atoms with Gasteiger partial charge in [-0.2, -0.15) is 0 Å². The third-order valence-electron chi connectivity index (χ3n) is 3.84. The van der Waals surface area contributed by atoms with Crippen LogP contribution in [0.1, 0.15) is 27.7 Å². The van der Waals surface area contributed by atoms with Gasteiger partial charge >= 0.3 is 0 Å². The summed E-state index contributed by atoms with van der Waals surface area (Å²) in [5, 5.41) is 0. The van der Waals surface area contributed by atoms with Crippen molar-refractivity contribution < 1.29 is 8.42 Å². The van der Waals surface area contributed by atoms with E-state index in [2.05, 4.69) is 32.4 Å². The van der Waals surface area contributed by atoms with E-state index in [9.17, 15) is 8.42 Å². The molecule has 0 saturated carbocycles. The normalized spacial score (nSPS) is 12.8. The van der Waals surface area contributed by atoms with Crippen molar-refractivity contribution in [3.63, 3.8) is 0 Å². The number of thioether (sulfide) groups is 1. The Kier molecular flexibility index (Phi) is 6.56. The van der Waals surface area contributed by atoms with Gasteiger partial charge in [0.2, 0.25) is 10.0 Å². The van der Waals surface area contributed by atoms with Gasteiger partial charge in [-0.3, -0.25) is 0 Å². The van der Waals surface area contributed by atoms with Gasteiger partial charge in [-0.05, 0) is 23.5 Å². The maximum Gasteiger partial charge on any atom is 0.212 e. The fourth-order valence-electron chi connectivity index (χ4n) is 1.45. The topological polar surface area (TPSA) is 72.2 Å². The van der Waals surface area contributed by atoms with Crippen molar-refractivity contribution in [1.29, 1.82) is 0 Å². The number of nitrogen functional groups attached to an aromatic ring is 1. The molecule has 0 atom stereocenters. The highest BCUT2D eigenvalue weighted by molar-refractivity contribution is 8.00. The van der Waals surface area contributed by atoms with E-state index < -0.39 is 10.0 Å². The Morgan fingerprint density at radius 3 is 2.48 bits per heavy atom. The van der Waals surface area contributed by atoms with Crippen LogP contribution in [0.5, 0.6) is 0 Å². The molecule has 0 bridgehead atoms. The molecular formula is C15H26N2O2S2. The van der Waals surface area contributed by atoms with Crippen LogP contribution in [0.25, 0.3) is 0 Å². The number of nitrogens with one attached hydrogen (secondary N) is 1. The molecule has 0 unspecified atom stereocenters. The van der Waals surface area contributed by atoms with Crippen LogP contribution in [0.4, 0.5) is 5.69 Å². The van der Waals surface area contributed by atoms with Gasteiger partial charge in [0.1, 0.15) is 0 Å². The lowest BCUT2D eigenvalue weighted by atomic mass is 9.81. The van der Waals surface area contributed by atoms with Gasteiger partial charge in [0.25, 0.3) is 0 Å². The average molecular weight is 331 g/mol. The zero-order valence-corrected chi connectivity index (χ0v) is 14.9. The number of benzene rings is 1. The summed E-state index contributed by atoms with van der Waals surface area (Å²) >= 11 is 1.47. The van der Waals surface area contributed by atoms with Crippen LogP contribution in [-0.2, 0) is 10.0 Å². The molecule has 6 heteroatoms. The van der Waals surface area contributed by atoms with E-state index in [1.54, 1.807) is 0 Å². The summed E-state index contributed by atoms with van der Waals surface area (Å²) in [5.41, 5.74) is 6.47. The summed E-state index contributed by atoms with van der Waals surface area (Å²) in [5.74, 6) is 1.00. The Hall–Kier alpha value is -0.720. The fourth-order valence-corrected chi connectivity index (χ4v) is 4.02. The number of hydrogen-bond donors (Lipinski definition) is 2. The lowest BCUT2D eigenvalue weighted by molar-refractivity contribution is 0.252. The highest BCUT2D eigenvalue weighted by atomic mass is 32.2.